The molecule has 0 aliphatic heterocycles. The van der Waals surface area contributed by atoms with Crippen molar-refractivity contribution in [3.8, 4) is 0 Å². The smallest absolute Gasteiger partial charge is 0.272 e. The first kappa shape index (κ1) is 11.2. The van der Waals surface area contributed by atoms with Gasteiger partial charge >= 0.3 is 0 Å². The summed E-state index contributed by atoms with van der Waals surface area (Å²) in [5.74, 6) is -0.164. The maximum Gasteiger partial charge on any atom is 0.272 e. The Hall–Kier alpha value is -1.34. The second kappa shape index (κ2) is 5.13. The maximum atomic E-state index is 11.6. The molecule has 1 amide bonds. The Bertz CT molecular complexity index is 466. The molecule has 0 aliphatic rings. The summed E-state index contributed by atoms with van der Waals surface area (Å²) in [6.45, 7) is 2.35. The van der Waals surface area contributed by atoms with Gasteiger partial charge in [-0.2, -0.15) is 8.75 Å². The molecule has 16 heavy (non-hydrogen) atoms. The minimum Gasteiger partial charge on any atom is -0.350 e. The second-order valence-electron chi connectivity index (χ2n) is 3.13. The van der Waals surface area contributed by atoms with Crippen molar-refractivity contribution < 1.29 is 4.79 Å². The van der Waals surface area contributed by atoms with Crippen molar-refractivity contribution in [2.75, 3.05) is 6.54 Å². The molecule has 84 valence electrons. The molecule has 0 spiro atoms. The standard InChI is InChI=1S/C9H10N4OS2/c1-6-8(13-16-12-6)9(14)11-3-2-7-10-4-5-15-7/h4-5H,2-3H2,1H3,(H,11,14). The summed E-state index contributed by atoms with van der Waals surface area (Å²) in [6, 6.07) is 0. The van der Waals surface area contributed by atoms with Crippen LogP contribution in [0.15, 0.2) is 11.6 Å². The van der Waals surface area contributed by atoms with Crippen LogP contribution in [-0.4, -0.2) is 26.2 Å². The van der Waals surface area contributed by atoms with E-state index in [2.05, 4.69) is 19.0 Å². The zero-order valence-corrected chi connectivity index (χ0v) is 10.3. The molecular weight excluding hydrogens is 244 g/mol. The summed E-state index contributed by atoms with van der Waals surface area (Å²) in [5, 5.41) is 5.74. The third-order valence-corrected chi connectivity index (χ3v) is 3.43. The van der Waals surface area contributed by atoms with Crippen LogP contribution in [0.1, 0.15) is 21.2 Å². The van der Waals surface area contributed by atoms with Crippen LogP contribution in [0.2, 0.25) is 0 Å². The summed E-state index contributed by atoms with van der Waals surface area (Å²) >= 11 is 2.64. The molecule has 1 N–H and O–H groups in total. The molecule has 0 unspecified atom stereocenters. The van der Waals surface area contributed by atoms with Gasteiger partial charge in [0.15, 0.2) is 5.69 Å². The van der Waals surface area contributed by atoms with E-state index in [-0.39, 0.29) is 5.91 Å². The van der Waals surface area contributed by atoms with E-state index in [0.29, 0.717) is 17.9 Å². The van der Waals surface area contributed by atoms with Gasteiger partial charge in [-0.1, -0.05) is 0 Å². The SMILES string of the molecule is Cc1nsnc1C(=O)NCCc1nccs1. The van der Waals surface area contributed by atoms with Crippen LogP contribution in [0.3, 0.4) is 0 Å². The quantitative estimate of drug-likeness (QED) is 0.892. The number of nitrogens with one attached hydrogen (secondary N) is 1. The maximum absolute atomic E-state index is 11.6. The lowest BCUT2D eigenvalue weighted by molar-refractivity contribution is 0.0949. The molecule has 0 radical (unpaired) electrons. The lowest BCUT2D eigenvalue weighted by atomic mass is 10.3. The Kier molecular flexibility index (Phi) is 3.58. The zero-order valence-electron chi connectivity index (χ0n) is 8.64. The molecule has 0 atom stereocenters. The van der Waals surface area contributed by atoms with Crippen LogP contribution < -0.4 is 5.32 Å². The van der Waals surface area contributed by atoms with Gasteiger partial charge in [0.1, 0.15) is 0 Å². The van der Waals surface area contributed by atoms with Crippen LogP contribution in [0, 0.1) is 6.92 Å². The number of amides is 1. The van der Waals surface area contributed by atoms with Gasteiger partial charge in [-0.05, 0) is 6.92 Å². The molecule has 0 aromatic carbocycles. The first-order chi connectivity index (χ1) is 7.77. The minimum absolute atomic E-state index is 0.164. The van der Waals surface area contributed by atoms with E-state index in [9.17, 15) is 4.79 Å². The highest BCUT2D eigenvalue weighted by Crippen LogP contribution is 2.05. The van der Waals surface area contributed by atoms with Crippen molar-refractivity contribution >= 4 is 29.0 Å². The first-order valence-corrected chi connectivity index (χ1v) is 6.34. The van der Waals surface area contributed by atoms with Gasteiger partial charge in [-0.3, -0.25) is 4.79 Å². The topological polar surface area (TPSA) is 67.8 Å². The van der Waals surface area contributed by atoms with Crippen molar-refractivity contribution in [1.82, 2.24) is 19.0 Å². The number of aromatic nitrogens is 3. The number of hydrogen-bond donors (Lipinski definition) is 1. The van der Waals surface area contributed by atoms with E-state index in [1.807, 2.05) is 5.38 Å². The Morgan fingerprint density at radius 1 is 1.50 bits per heavy atom. The fourth-order valence-corrected chi connectivity index (χ4v) is 2.35. The van der Waals surface area contributed by atoms with E-state index in [4.69, 9.17) is 0 Å². The molecule has 0 aliphatic carbocycles. The molecule has 2 rings (SSSR count). The van der Waals surface area contributed by atoms with Crippen molar-refractivity contribution in [2.24, 2.45) is 0 Å². The van der Waals surface area contributed by atoms with Gasteiger partial charge in [0, 0.05) is 24.5 Å². The van der Waals surface area contributed by atoms with Gasteiger partial charge in [-0.15, -0.1) is 11.3 Å². The number of rotatable bonds is 4. The summed E-state index contributed by atoms with van der Waals surface area (Å²) < 4.78 is 7.89. The molecule has 0 saturated carbocycles. The Morgan fingerprint density at radius 3 is 3.00 bits per heavy atom. The molecule has 7 heteroatoms. The van der Waals surface area contributed by atoms with E-state index in [0.717, 1.165) is 23.2 Å². The third-order valence-electron chi connectivity index (χ3n) is 1.98. The average molecular weight is 254 g/mol. The average Bonchev–Trinajstić information content (AvgIpc) is 2.88. The highest BCUT2D eigenvalue weighted by Gasteiger charge is 2.12. The highest BCUT2D eigenvalue weighted by atomic mass is 32.1. The van der Waals surface area contributed by atoms with Crippen molar-refractivity contribution in [3.05, 3.63) is 28.0 Å². The Balaban J connectivity index is 1.83. The van der Waals surface area contributed by atoms with Gasteiger partial charge in [0.25, 0.3) is 5.91 Å². The molecule has 2 aromatic heterocycles. The number of aryl methyl sites for hydroxylation is 1. The van der Waals surface area contributed by atoms with Crippen LogP contribution in [0.4, 0.5) is 0 Å². The Labute approximate surface area is 101 Å². The van der Waals surface area contributed by atoms with Crippen LogP contribution in [-0.2, 0) is 6.42 Å². The highest BCUT2D eigenvalue weighted by molar-refractivity contribution is 7.09. The molecule has 5 nitrogen and oxygen atoms in total. The van der Waals surface area contributed by atoms with Crippen molar-refractivity contribution in [2.45, 2.75) is 13.3 Å². The van der Waals surface area contributed by atoms with Gasteiger partial charge in [0.05, 0.1) is 22.4 Å². The van der Waals surface area contributed by atoms with Crippen LogP contribution >= 0.6 is 23.1 Å². The van der Waals surface area contributed by atoms with E-state index in [1.165, 1.54) is 0 Å². The molecular formula is C9H10N4OS2. The summed E-state index contributed by atoms with van der Waals surface area (Å²) in [5.41, 5.74) is 1.10. The molecule has 2 heterocycles. The summed E-state index contributed by atoms with van der Waals surface area (Å²) in [4.78, 5) is 15.8. The van der Waals surface area contributed by atoms with Crippen LogP contribution in [0.25, 0.3) is 0 Å². The monoisotopic (exact) mass is 254 g/mol. The number of hydrogen-bond acceptors (Lipinski definition) is 6. The molecule has 0 fully saturated rings. The van der Waals surface area contributed by atoms with Crippen LogP contribution in [0.5, 0.6) is 0 Å². The van der Waals surface area contributed by atoms with E-state index >= 15 is 0 Å². The van der Waals surface area contributed by atoms with Gasteiger partial charge in [0.2, 0.25) is 0 Å². The second-order valence-corrected chi connectivity index (χ2v) is 4.64. The lowest BCUT2D eigenvalue weighted by Gasteiger charge is -2.01. The number of nitrogens with zero attached hydrogens (tertiary/aromatic N) is 3. The molecule has 0 saturated heterocycles. The zero-order chi connectivity index (χ0) is 11.4. The number of carbonyl (C=O) groups is 1. The summed E-state index contributed by atoms with van der Waals surface area (Å²) in [6.07, 6.45) is 2.51. The predicted molar refractivity (Wildman–Crippen MR) is 62.8 cm³/mol. The predicted octanol–water partition coefficient (Wildman–Crippen LogP) is 1.28. The van der Waals surface area contributed by atoms with Gasteiger partial charge < -0.3 is 5.32 Å². The molecule has 2 aromatic rings. The number of carbonyl (C=O) groups excluding carboxylic acids is 1. The van der Waals surface area contributed by atoms with Gasteiger partial charge in [-0.25, -0.2) is 4.98 Å². The van der Waals surface area contributed by atoms with Crippen molar-refractivity contribution in [3.63, 3.8) is 0 Å². The fourth-order valence-electron chi connectivity index (χ4n) is 1.18. The van der Waals surface area contributed by atoms with E-state index < -0.39 is 0 Å². The first-order valence-electron chi connectivity index (χ1n) is 4.73. The Morgan fingerprint density at radius 2 is 2.38 bits per heavy atom. The summed E-state index contributed by atoms with van der Waals surface area (Å²) in [7, 11) is 0. The third kappa shape index (κ3) is 2.61. The normalized spacial score (nSPS) is 10.3. The van der Waals surface area contributed by atoms with E-state index in [1.54, 1.807) is 24.5 Å². The fraction of sp³-hybridized carbons (Fsp3) is 0.333. The number of thiazole rings is 1. The largest absolute Gasteiger partial charge is 0.350 e. The minimum atomic E-state index is -0.164. The molecule has 0 bridgehead atoms. The van der Waals surface area contributed by atoms with Crippen molar-refractivity contribution in [1.29, 1.82) is 0 Å². The lowest BCUT2D eigenvalue weighted by Crippen LogP contribution is -2.26.